The van der Waals surface area contributed by atoms with Gasteiger partial charge in [-0.25, -0.2) is 4.39 Å². The number of halogens is 1. The van der Waals surface area contributed by atoms with E-state index in [0.717, 1.165) is 0 Å². The molecular weight excluding hydrogens is 241 g/mol. The first kappa shape index (κ1) is 13.3. The molecular formula is C16H14FNO. The van der Waals surface area contributed by atoms with Crippen LogP contribution in [0.3, 0.4) is 0 Å². The molecule has 0 amide bonds. The minimum atomic E-state index is -1.26. The van der Waals surface area contributed by atoms with Crippen molar-refractivity contribution in [2.45, 2.75) is 19.4 Å². The molecule has 2 aromatic carbocycles. The van der Waals surface area contributed by atoms with Gasteiger partial charge in [0.1, 0.15) is 11.4 Å². The summed E-state index contributed by atoms with van der Waals surface area (Å²) >= 11 is 0. The zero-order valence-corrected chi connectivity index (χ0v) is 10.8. The van der Waals surface area contributed by atoms with E-state index >= 15 is 0 Å². The minimum absolute atomic E-state index is 0.301. The van der Waals surface area contributed by atoms with Crippen LogP contribution in [-0.2, 0) is 5.60 Å². The van der Waals surface area contributed by atoms with Gasteiger partial charge in [0.25, 0.3) is 0 Å². The maximum atomic E-state index is 13.3. The molecule has 2 nitrogen and oxygen atoms in total. The number of aryl methyl sites for hydroxylation is 1. The van der Waals surface area contributed by atoms with Crippen molar-refractivity contribution in [1.29, 1.82) is 5.26 Å². The van der Waals surface area contributed by atoms with E-state index in [1.165, 1.54) is 6.07 Å². The molecule has 1 atom stereocenters. The van der Waals surface area contributed by atoms with Gasteiger partial charge in [-0.1, -0.05) is 18.2 Å². The summed E-state index contributed by atoms with van der Waals surface area (Å²) in [7, 11) is 0. The summed E-state index contributed by atoms with van der Waals surface area (Å²) in [5, 5.41) is 19.6. The van der Waals surface area contributed by atoms with Crippen LogP contribution in [0.2, 0.25) is 0 Å². The molecule has 0 heterocycles. The van der Waals surface area contributed by atoms with Gasteiger partial charge in [0.05, 0.1) is 11.6 Å². The fraction of sp³-hybridized carbons (Fsp3) is 0.188. The quantitative estimate of drug-likeness (QED) is 0.895. The van der Waals surface area contributed by atoms with E-state index in [1.807, 2.05) is 6.07 Å². The van der Waals surface area contributed by atoms with Crippen molar-refractivity contribution in [2.75, 3.05) is 0 Å². The van der Waals surface area contributed by atoms with Gasteiger partial charge < -0.3 is 5.11 Å². The first-order valence-corrected chi connectivity index (χ1v) is 5.95. The van der Waals surface area contributed by atoms with Gasteiger partial charge in [-0.15, -0.1) is 0 Å². The summed E-state index contributed by atoms with van der Waals surface area (Å²) in [6, 6.07) is 13.3. The van der Waals surface area contributed by atoms with Gasteiger partial charge in [0.2, 0.25) is 0 Å². The normalized spacial score (nSPS) is 13.6. The lowest BCUT2D eigenvalue weighted by atomic mass is 9.87. The Morgan fingerprint density at radius 2 is 1.84 bits per heavy atom. The predicted octanol–water partition coefficient (Wildman–Crippen LogP) is 3.26. The van der Waals surface area contributed by atoms with Crippen molar-refractivity contribution >= 4 is 0 Å². The van der Waals surface area contributed by atoms with Gasteiger partial charge in [0.15, 0.2) is 0 Å². The number of nitrogens with zero attached hydrogens (tertiary/aromatic N) is 1. The Bertz CT molecular complexity index is 656. The second-order valence-electron chi connectivity index (χ2n) is 4.73. The first-order valence-electron chi connectivity index (χ1n) is 5.95. The summed E-state index contributed by atoms with van der Waals surface area (Å²) in [6.45, 7) is 3.29. The molecule has 1 N–H and O–H groups in total. The summed E-state index contributed by atoms with van der Waals surface area (Å²) < 4.78 is 13.3. The summed E-state index contributed by atoms with van der Waals surface area (Å²) in [4.78, 5) is 0. The fourth-order valence-corrected chi connectivity index (χ4v) is 2.01. The second kappa shape index (κ2) is 4.83. The average molecular weight is 255 g/mol. The maximum absolute atomic E-state index is 13.3. The average Bonchev–Trinajstić information content (AvgIpc) is 2.41. The van der Waals surface area contributed by atoms with Crippen molar-refractivity contribution < 1.29 is 9.50 Å². The monoisotopic (exact) mass is 255 g/mol. The topological polar surface area (TPSA) is 44.0 Å². The highest BCUT2D eigenvalue weighted by Gasteiger charge is 2.26. The van der Waals surface area contributed by atoms with Crippen LogP contribution >= 0.6 is 0 Å². The van der Waals surface area contributed by atoms with Gasteiger partial charge in [-0.2, -0.15) is 5.26 Å². The number of rotatable bonds is 2. The molecule has 0 aliphatic carbocycles. The van der Waals surface area contributed by atoms with Crippen molar-refractivity contribution in [2.24, 2.45) is 0 Å². The van der Waals surface area contributed by atoms with E-state index in [2.05, 4.69) is 0 Å². The Balaban J connectivity index is 2.51. The van der Waals surface area contributed by atoms with Crippen LogP contribution in [0.25, 0.3) is 0 Å². The van der Waals surface area contributed by atoms with Crippen molar-refractivity contribution in [3.63, 3.8) is 0 Å². The van der Waals surface area contributed by atoms with Crippen LogP contribution in [0, 0.1) is 24.1 Å². The Hall–Kier alpha value is -2.18. The van der Waals surface area contributed by atoms with E-state index in [9.17, 15) is 9.50 Å². The lowest BCUT2D eigenvalue weighted by Crippen LogP contribution is -2.23. The van der Waals surface area contributed by atoms with Gasteiger partial charge >= 0.3 is 0 Å². The van der Waals surface area contributed by atoms with E-state index in [0.29, 0.717) is 22.3 Å². The van der Waals surface area contributed by atoms with Crippen LogP contribution in [0.1, 0.15) is 29.2 Å². The molecule has 96 valence electrons. The highest BCUT2D eigenvalue weighted by atomic mass is 19.1. The number of hydrogen-bond acceptors (Lipinski definition) is 2. The summed E-state index contributed by atoms with van der Waals surface area (Å²) in [5.74, 6) is -0.301. The molecule has 0 aliphatic rings. The molecule has 0 spiro atoms. The number of hydrogen-bond donors (Lipinski definition) is 1. The number of nitriles is 1. The van der Waals surface area contributed by atoms with Crippen molar-refractivity contribution in [1.82, 2.24) is 0 Å². The van der Waals surface area contributed by atoms with Crippen LogP contribution < -0.4 is 0 Å². The largest absolute Gasteiger partial charge is 0.381 e. The standard InChI is InChI=1S/C16H14FNO/c1-11-8-14(6-7-15(11)17)16(2,19)13-5-3-4-12(9-13)10-18/h3-9,19H,1-2H3. The molecule has 0 saturated heterocycles. The molecule has 2 aromatic rings. The molecule has 0 aromatic heterocycles. The molecule has 19 heavy (non-hydrogen) atoms. The molecule has 1 unspecified atom stereocenters. The smallest absolute Gasteiger partial charge is 0.126 e. The van der Waals surface area contributed by atoms with Crippen LogP contribution in [0.4, 0.5) is 4.39 Å². The minimum Gasteiger partial charge on any atom is -0.381 e. The Labute approximate surface area is 111 Å². The lowest BCUT2D eigenvalue weighted by molar-refractivity contribution is 0.102. The van der Waals surface area contributed by atoms with Gasteiger partial charge in [-0.05, 0) is 54.8 Å². The number of benzene rings is 2. The maximum Gasteiger partial charge on any atom is 0.126 e. The summed E-state index contributed by atoms with van der Waals surface area (Å²) in [6.07, 6.45) is 0. The van der Waals surface area contributed by atoms with Crippen LogP contribution in [-0.4, -0.2) is 5.11 Å². The molecule has 2 rings (SSSR count). The van der Waals surface area contributed by atoms with E-state index in [-0.39, 0.29) is 5.82 Å². The van der Waals surface area contributed by atoms with Gasteiger partial charge in [0, 0.05) is 0 Å². The first-order chi connectivity index (χ1) is 8.95. The molecule has 0 bridgehead atoms. The molecule has 0 radical (unpaired) electrons. The Kier molecular flexibility index (Phi) is 3.37. The highest BCUT2D eigenvalue weighted by Crippen LogP contribution is 2.30. The van der Waals surface area contributed by atoms with Crippen LogP contribution in [0.15, 0.2) is 42.5 Å². The fourth-order valence-electron chi connectivity index (χ4n) is 2.01. The third-order valence-corrected chi connectivity index (χ3v) is 3.27. The Morgan fingerprint density at radius 1 is 1.16 bits per heavy atom. The summed E-state index contributed by atoms with van der Waals surface area (Å²) in [5.41, 5.74) is 0.913. The zero-order chi connectivity index (χ0) is 14.0. The second-order valence-corrected chi connectivity index (χ2v) is 4.73. The van der Waals surface area contributed by atoms with Crippen molar-refractivity contribution in [3.8, 4) is 6.07 Å². The zero-order valence-electron chi connectivity index (χ0n) is 10.8. The van der Waals surface area contributed by atoms with Crippen LogP contribution in [0.5, 0.6) is 0 Å². The van der Waals surface area contributed by atoms with E-state index in [4.69, 9.17) is 5.26 Å². The van der Waals surface area contributed by atoms with E-state index < -0.39 is 5.60 Å². The number of aliphatic hydroxyl groups is 1. The highest BCUT2D eigenvalue weighted by molar-refractivity contribution is 5.41. The predicted molar refractivity (Wildman–Crippen MR) is 71.0 cm³/mol. The SMILES string of the molecule is Cc1cc(C(C)(O)c2cccc(C#N)c2)ccc1F. The molecule has 3 heteroatoms. The third-order valence-electron chi connectivity index (χ3n) is 3.27. The van der Waals surface area contributed by atoms with E-state index in [1.54, 1.807) is 50.2 Å². The molecule has 0 fully saturated rings. The van der Waals surface area contributed by atoms with Gasteiger partial charge in [-0.3, -0.25) is 0 Å². The Morgan fingerprint density at radius 3 is 2.47 bits per heavy atom. The lowest BCUT2D eigenvalue weighted by Gasteiger charge is -2.25. The third kappa shape index (κ3) is 2.49. The molecule has 0 aliphatic heterocycles. The van der Waals surface area contributed by atoms with Crippen molar-refractivity contribution in [3.05, 3.63) is 70.5 Å². The molecule has 0 saturated carbocycles.